The molecule has 1 heterocycles. The number of carbonyl (C=O) groups excluding carboxylic acids is 1. The number of nitrogen functional groups attached to an aromatic ring is 1. The molecular weight excluding hydrogens is 262 g/mol. The van der Waals surface area contributed by atoms with Gasteiger partial charge in [-0.1, -0.05) is 6.07 Å². The number of carbonyl (C=O) groups is 1. The van der Waals surface area contributed by atoms with Crippen LogP contribution in [-0.4, -0.2) is 12.5 Å². The Morgan fingerprint density at radius 3 is 2.70 bits per heavy atom. The molecule has 102 valence electrons. The number of halogens is 2. The van der Waals surface area contributed by atoms with Gasteiger partial charge in [0.1, 0.15) is 0 Å². The van der Waals surface area contributed by atoms with Crippen molar-refractivity contribution in [3.05, 3.63) is 59.2 Å². The van der Waals surface area contributed by atoms with E-state index in [1.165, 1.54) is 6.07 Å². The van der Waals surface area contributed by atoms with E-state index in [4.69, 9.17) is 5.73 Å². The minimum absolute atomic E-state index is 0.124. The van der Waals surface area contributed by atoms with Gasteiger partial charge < -0.3 is 10.6 Å². The van der Waals surface area contributed by atoms with Crippen molar-refractivity contribution in [2.75, 3.05) is 17.2 Å². The SMILES string of the molecule is Nc1cccc2c1CCN2C(=O)c1ccc(F)c(F)c1. The molecule has 0 bridgehead atoms. The lowest BCUT2D eigenvalue weighted by molar-refractivity contribution is 0.0989. The van der Waals surface area contributed by atoms with E-state index in [1.807, 2.05) is 0 Å². The normalized spacial score (nSPS) is 13.4. The first-order valence-electron chi connectivity index (χ1n) is 6.22. The predicted molar refractivity (Wildman–Crippen MR) is 72.6 cm³/mol. The van der Waals surface area contributed by atoms with Crippen LogP contribution in [0.1, 0.15) is 15.9 Å². The summed E-state index contributed by atoms with van der Waals surface area (Å²) >= 11 is 0. The third kappa shape index (κ3) is 1.91. The highest BCUT2D eigenvalue weighted by atomic mass is 19.2. The van der Waals surface area contributed by atoms with E-state index in [-0.39, 0.29) is 11.5 Å². The molecule has 0 atom stereocenters. The van der Waals surface area contributed by atoms with Gasteiger partial charge >= 0.3 is 0 Å². The standard InChI is InChI=1S/C15H12F2N2O/c16-11-5-4-9(8-12(11)17)15(20)19-7-6-10-13(18)2-1-3-14(10)19/h1-5,8H,6-7,18H2. The van der Waals surface area contributed by atoms with E-state index in [1.54, 1.807) is 23.1 Å². The molecule has 20 heavy (non-hydrogen) atoms. The van der Waals surface area contributed by atoms with Gasteiger partial charge in [0, 0.05) is 29.0 Å². The van der Waals surface area contributed by atoms with Gasteiger partial charge in [-0.25, -0.2) is 8.78 Å². The maximum Gasteiger partial charge on any atom is 0.258 e. The number of amides is 1. The fourth-order valence-electron chi connectivity index (χ4n) is 2.46. The van der Waals surface area contributed by atoms with Crippen LogP contribution in [0, 0.1) is 11.6 Å². The summed E-state index contributed by atoms with van der Waals surface area (Å²) < 4.78 is 26.1. The van der Waals surface area contributed by atoms with Gasteiger partial charge in [-0.15, -0.1) is 0 Å². The third-order valence-corrected chi connectivity index (χ3v) is 3.48. The minimum Gasteiger partial charge on any atom is -0.398 e. The first-order chi connectivity index (χ1) is 9.58. The van der Waals surface area contributed by atoms with Crippen molar-refractivity contribution in [2.45, 2.75) is 6.42 Å². The lowest BCUT2D eigenvalue weighted by Gasteiger charge is -2.17. The van der Waals surface area contributed by atoms with Crippen molar-refractivity contribution >= 4 is 17.3 Å². The van der Waals surface area contributed by atoms with Crippen LogP contribution in [0.25, 0.3) is 0 Å². The lowest BCUT2D eigenvalue weighted by Crippen LogP contribution is -2.29. The molecule has 0 fully saturated rings. The number of hydrogen-bond donors (Lipinski definition) is 1. The van der Waals surface area contributed by atoms with Crippen molar-refractivity contribution in [3.63, 3.8) is 0 Å². The molecular formula is C15H12F2N2O. The Morgan fingerprint density at radius 2 is 1.95 bits per heavy atom. The second-order valence-corrected chi connectivity index (χ2v) is 4.68. The molecule has 5 heteroatoms. The maximum absolute atomic E-state index is 13.2. The molecule has 1 amide bonds. The van der Waals surface area contributed by atoms with E-state index in [0.29, 0.717) is 18.7 Å². The van der Waals surface area contributed by atoms with Crippen LogP contribution in [0.3, 0.4) is 0 Å². The quantitative estimate of drug-likeness (QED) is 0.813. The highest BCUT2D eigenvalue weighted by Crippen LogP contribution is 2.33. The van der Waals surface area contributed by atoms with Crippen LogP contribution < -0.4 is 10.6 Å². The monoisotopic (exact) mass is 274 g/mol. The summed E-state index contributed by atoms with van der Waals surface area (Å²) in [7, 11) is 0. The summed E-state index contributed by atoms with van der Waals surface area (Å²) in [4.78, 5) is 13.9. The van der Waals surface area contributed by atoms with E-state index >= 15 is 0 Å². The average molecular weight is 274 g/mol. The number of hydrogen-bond acceptors (Lipinski definition) is 2. The van der Waals surface area contributed by atoms with Gasteiger partial charge in [0.05, 0.1) is 0 Å². The zero-order valence-corrected chi connectivity index (χ0v) is 10.6. The van der Waals surface area contributed by atoms with Crippen LogP contribution in [0.15, 0.2) is 36.4 Å². The average Bonchev–Trinajstić information content (AvgIpc) is 2.86. The molecule has 0 aliphatic carbocycles. The molecule has 1 aliphatic heterocycles. The van der Waals surface area contributed by atoms with Gasteiger partial charge in [0.2, 0.25) is 0 Å². The van der Waals surface area contributed by atoms with Gasteiger partial charge in [-0.2, -0.15) is 0 Å². The van der Waals surface area contributed by atoms with Gasteiger partial charge in [-0.3, -0.25) is 4.79 Å². The maximum atomic E-state index is 13.2. The summed E-state index contributed by atoms with van der Waals surface area (Å²) in [5.41, 5.74) is 8.29. The van der Waals surface area contributed by atoms with Crippen molar-refractivity contribution in [1.82, 2.24) is 0 Å². The van der Waals surface area contributed by atoms with Gasteiger partial charge in [-0.05, 0) is 36.8 Å². The summed E-state index contributed by atoms with van der Waals surface area (Å²) in [6.07, 6.45) is 0.664. The molecule has 2 N–H and O–H groups in total. The Hall–Kier alpha value is -2.43. The molecule has 0 radical (unpaired) electrons. The molecule has 2 aromatic carbocycles. The highest BCUT2D eigenvalue weighted by molar-refractivity contribution is 6.07. The predicted octanol–water partition coefficient (Wildman–Crippen LogP) is 2.75. The molecule has 0 spiro atoms. The lowest BCUT2D eigenvalue weighted by atomic mass is 10.1. The van der Waals surface area contributed by atoms with Crippen LogP contribution >= 0.6 is 0 Å². The Balaban J connectivity index is 1.97. The fraction of sp³-hybridized carbons (Fsp3) is 0.133. The third-order valence-electron chi connectivity index (χ3n) is 3.48. The van der Waals surface area contributed by atoms with Crippen LogP contribution in [-0.2, 0) is 6.42 Å². The zero-order chi connectivity index (χ0) is 14.3. The topological polar surface area (TPSA) is 46.3 Å². The molecule has 3 nitrogen and oxygen atoms in total. The van der Waals surface area contributed by atoms with E-state index in [0.717, 1.165) is 23.4 Å². The van der Waals surface area contributed by atoms with E-state index in [2.05, 4.69) is 0 Å². The summed E-state index contributed by atoms with van der Waals surface area (Å²) in [6, 6.07) is 8.51. The van der Waals surface area contributed by atoms with Crippen molar-refractivity contribution < 1.29 is 13.6 Å². The Kier molecular flexibility index (Phi) is 2.89. The number of nitrogens with zero attached hydrogens (tertiary/aromatic N) is 1. The van der Waals surface area contributed by atoms with Crippen LogP contribution in [0.5, 0.6) is 0 Å². The van der Waals surface area contributed by atoms with E-state index < -0.39 is 11.6 Å². The number of anilines is 2. The summed E-state index contributed by atoms with van der Waals surface area (Å²) in [5.74, 6) is -2.34. The fourth-order valence-corrected chi connectivity index (χ4v) is 2.46. The Labute approximate surface area is 114 Å². The Morgan fingerprint density at radius 1 is 1.15 bits per heavy atom. The molecule has 3 rings (SSSR count). The zero-order valence-electron chi connectivity index (χ0n) is 10.6. The number of nitrogens with two attached hydrogens (primary N) is 1. The molecule has 1 aliphatic rings. The molecule has 0 aromatic heterocycles. The summed E-state index contributed by atoms with van der Waals surface area (Å²) in [5, 5.41) is 0. The smallest absolute Gasteiger partial charge is 0.258 e. The summed E-state index contributed by atoms with van der Waals surface area (Å²) in [6.45, 7) is 0.487. The molecule has 2 aromatic rings. The molecule has 0 saturated carbocycles. The second kappa shape index (κ2) is 4.59. The molecule has 0 unspecified atom stereocenters. The van der Waals surface area contributed by atoms with Crippen molar-refractivity contribution in [3.8, 4) is 0 Å². The first kappa shape index (κ1) is 12.6. The van der Waals surface area contributed by atoms with Gasteiger partial charge in [0.15, 0.2) is 11.6 Å². The van der Waals surface area contributed by atoms with Crippen LogP contribution in [0.4, 0.5) is 20.2 Å². The van der Waals surface area contributed by atoms with Gasteiger partial charge in [0.25, 0.3) is 5.91 Å². The van der Waals surface area contributed by atoms with Crippen molar-refractivity contribution in [1.29, 1.82) is 0 Å². The van der Waals surface area contributed by atoms with Crippen LogP contribution in [0.2, 0.25) is 0 Å². The number of benzene rings is 2. The first-order valence-corrected chi connectivity index (χ1v) is 6.22. The highest BCUT2D eigenvalue weighted by Gasteiger charge is 2.27. The minimum atomic E-state index is -1.03. The Bertz CT molecular complexity index is 700. The second-order valence-electron chi connectivity index (χ2n) is 4.68. The number of fused-ring (bicyclic) bond motifs is 1. The molecule has 0 saturated heterocycles. The van der Waals surface area contributed by atoms with Crippen molar-refractivity contribution in [2.24, 2.45) is 0 Å². The number of rotatable bonds is 1. The largest absolute Gasteiger partial charge is 0.398 e. The van der Waals surface area contributed by atoms with E-state index in [9.17, 15) is 13.6 Å².